The zero-order valence-electron chi connectivity index (χ0n) is 14.2. The molecular weight excluding hydrogens is 288 g/mol. The van der Waals surface area contributed by atoms with Crippen molar-refractivity contribution < 1.29 is 4.74 Å². The largest absolute Gasteiger partial charge is 0.374 e. The number of nitrogens with one attached hydrogen (secondary N) is 1. The number of likely N-dealkylation sites (N-methyl/N-ethyl adjacent to an activating group) is 1. The Bertz CT molecular complexity index is 610. The molecule has 1 aromatic carbocycles. The fourth-order valence-electron chi connectivity index (χ4n) is 3.29. The molecule has 5 heteroatoms. The lowest BCUT2D eigenvalue weighted by molar-refractivity contribution is -0.0841. The Morgan fingerprint density at radius 2 is 2.09 bits per heavy atom. The van der Waals surface area contributed by atoms with E-state index in [1.807, 2.05) is 0 Å². The highest BCUT2D eigenvalue weighted by atomic mass is 16.5. The standard InChI is InChI=1S/C18H26N4O/c1-14-16(20-13-19-14)11-22-9-10-23-17(12-21(2)3)18(22)15-7-5-4-6-8-15/h4-8,13,17-18H,9-12H2,1-3H3,(H,19,20)/t17-,18-/m0/s1. The molecule has 0 spiro atoms. The summed E-state index contributed by atoms with van der Waals surface area (Å²) in [6.07, 6.45) is 1.94. The molecule has 1 N–H and O–H groups in total. The van der Waals surface area contributed by atoms with Crippen LogP contribution < -0.4 is 0 Å². The van der Waals surface area contributed by atoms with Crippen LogP contribution in [0.15, 0.2) is 36.7 Å². The van der Waals surface area contributed by atoms with Crippen LogP contribution >= 0.6 is 0 Å². The zero-order valence-corrected chi connectivity index (χ0v) is 14.2. The van der Waals surface area contributed by atoms with Crippen LogP contribution in [0.1, 0.15) is 23.0 Å². The molecule has 0 aliphatic carbocycles. The minimum atomic E-state index is 0.167. The fraction of sp³-hybridized carbons (Fsp3) is 0.500. The summed E-state index contributed by atoms with van der Waals surface area (Å²) in [4.78, 5) is 12.3. The van der Waals surface area contributed by atoms with Gasteiger partial charge < -0.3 is 14.6 Å². The number of aryl methyl sites for hydroxylation is 1. The molecule has 1 aliphatic heterocycles. The molecule has 2 aromatic rings. The highest BCUT2D eigenvalue weighted by Gasteiger charge is 2.34. The van der Waals surface area contributed by atoms with Crippen molar-refractivity contribution >= 4 is 0 Å². The van der Waals surface area contributed by atoms with Gasteiger partial charge in [0.1, 0.15) is 0 Å². The second kappa shape index (κ2) is 7.25. The van der Waals surface area contributed by atoms with Crippen LogP contribution in [0, 0.1) is 6.92 Å². The molecule has 1 aliphatic rings. The number of aromatic amines is 1. The predicted octanol–water partition coefficient (Wildman–Crippen LogP) is 2.22. The first-order valence-electron chi connectivity index (χ1n) is 8.19. The average Bonchev–Trinajstić information content (AvgIpc) is 2.93. The topological polar surface area (TPSA) is 44.4 Å². The van der Waals surface area contributed by atoms with Gasteiger partial charge in [0.15, 0.2) is 0 Å². The maximum atomic E-state index is 6.12. The van der Waals surface area contributed by atoms with Gasteiger partial charge in [0.25, 0.3) is 0 Å². The number of aromatic nitrogens is 2. The van der Waals surface area contributed by atoms with E-state index in [9.17, 15) is 0 Å². The van der Waals surface area contributed by atoms with Gasteiger partial charge in [0.2, 0.25) is 0 Å². The van der Waals surface area contributed by atoms with E-state index in [1.54, 1.807) is 6.33 Å². The third-order valence-electron chi connectivity index (χ3n) is 4.43. The Kier molecular flexibility index (Phi) is 5.10. The smallest absolute Gasteiger partial charge is 0.0925 e. The van der Waals surface area contributed by atoms with Crippen molar-refractivity contribution in [3.05, 3.63) is 53.6 Å². The first-order chi connectivity index (χ1) is 11.1. The predicted molar refractivity (Wildman–Crippen MR) is 91.2 cm³/mol. The van der Waals surface area contributed by atoms with Gasteiger partial charge in [-0.1, -0.05) is 30.3 Å². The summed E-state index contributed by atoms with van der Waals surface area (Å²) in [7, 11) is 4.20. The molecule has 0 unspecified atom stereocenters. The monoisotopic (exact) mass is 314 g/mol. The summed E-state index contributed by atoms with van der Waals surface area (Å²) < 4.78 is 6.12. The van der Waals surface area contributed by atoms with Crippen LogP contribution in [0.3, 0.4) is 0 Å². The average molecular weight is 314 g/mol. The van der Waals surface area contributed by atoms with Crippen LogP contribution in [-0.2, 0) is 11.3 Å². The van der Waals surface area contributed by atoms with E-state index in [-0.39, 0.29) is 12.1 Å². The molecule has 1 fully saturated rings. The van der Waals surface area contributed by atoms with Crippen molar-refractivity contribution in [3.63, 3.8) is 0 Å². The summed E-state index contributed by atoms with van der Waals surface area (Å²) in [6.45, 7) is 5.54. The molecule has 0 saturated carbocycles. The van der Waals surface area contributed by atoms with E-state index >= 15 is 0 Å². The van der Waals surface area contributed by atoms with Crippen molar-refractivity contribution in [1.82, 2.24) is 19.8 Å². The molecule has 0 radical (unpaired) electrons. The zero-order chi connectivity index (χ0) is 16.2. The van der Waals surface area contributed by atoms with E-state index in [0.717, 1.165) is 37.6 Å². The number of imidazole rings is 1. The van der Waals surface area contributed by atoms with E-state index in [4.69, 9.17) is 4.74 Å². The highest BCUT2D eigenvalue weighted by Crippen LogP contribution is 2.31. The van der Waals surface area contributed by atoms with Crippen LogP contribution in [0.5, 0.6) is 0 Å². The Morgan fingerprint density at radius 1 is 1.30 bits per heavy atom. The van der Waals surface area contributed by atoms with Crippen molar-refractivity contribution in [3.8, 4) is 0 Å². The number of ether oxygens (including phenoxy) is 1. The molecule has 2 heterocycles. The minimum absolute atomic E-state index is 0.167. The van der Waals surface area contributed by atoms with Gasteiger partial charge >= 0.3 is 0 Å². The maximum absolute atomic E-state index is 6.12. The molecular formula is C18H26N4O. The van der Waals surface area contributed by atoms with E-state index in [1.165, 1.54) is 5.56 Å². The second-order valence-electron chi connectivity index (χ2n) is 6.47. The number of benzene rings is 1. The van der Waals surface area contributed by atoms with Gasteiger partial charge in [-0.05, 0) is 26.6 Å². The van der Waals surface area contributed by atoms with Crippen molar-refractivity contribution in [2.24, 2.45) is 0 Å². The van der Waals surface area contributed by atoms with Crippen LogP contribution in [0.25, 0.3) is 0 Å². The summed E-state index contributed by atoms with van der Waals surface area (Å²) in [5.41, 5.74) is 3.58. The van der Waals surface area contributed by atoms with E-state index in [2.05, 4.69) is 71.1 Å². The lowest BCUT2D eigenvalue weighted by Gasteiger charge is -2.42. The van der Waals surface area contributed by atoms with Crippen LogP contribution in [0.4, 0.5) is 0 Å². The Labute approximate surface area is 138 Å². The lowest BCUT2D eigenvalue weighted by atomic mass is 9.97. The molecule has 1 saturated heterocycles. The lowest BCUT2D eigenvalue weighted by Crippen LogP contribution is -2.48. The van der Waals surface area contributed by atoms with Crippen LogP contribution in [0.2, 0.25) is 0 Å². The molecule has 3 rings (SSSR count). The number of rotatable bonds is 5. The minimum Gasteiger partial charge on any atom is -0.374 e. The van der Waals surface area contributed by atoms with Crippen molar-refractivity contribution in [1.29, 1.82) is 0 Å². The van der Waals surface area contributed by atoms with E-state index in [0.29, 0.717) is 0 Å². The summed E-state index contributed by atoms with van der Waals surface area (Å²) in [5.74, 6) is 0. The summed E-state index contributed by atoms with van der Waals surface area (Å²) >= 11 is 0. The third kappa shape index (κ3) is 3.80. The van der Waals surface area contributed by atoms with Gasteiger partial charge in [-0.25, -0.2) is 4.98 Å². The number of hydrogen-bond acceptors (Lipinski definition) is 4. The molecule has 5 nitrogen and oxygen atoms in total. The molecule has 1 aromatic heterocycles. The number of nitrogens with zero attached hydrogens (tertiary/aromatic N) is 3. The van der Waals surface area contributed by atoms with Gasteiger partial charge in [-0.3, -0.25) is 4.90 Å². The number of hydrogen-bond donors (Lipinski definition) is 1. The van der Waals surface area contributed by atoms with Crippen LogP contribution in [-0.4, -0.2) is 59.7 Å². The first-order valence-corrected chi connectivity index (χ1v) is 8.19. The van der Waals surface area contributed by atoms with Crippen molar-refractivity contribution in [2.45, 2.75) is 25.6 Å². The van der Waals surface area contributed by atoms with Gasteiger partial charge in [-0.2, -0.15) is 0 Å². The summed E-state index contributed by atoms with van der Waals surface area (Å²) in [5, 5.41) is 0. The molecule has 2 atom stereocenters. The highest BCUT2D eigenvalue weighted by molar-refractivity contribution is 5.22. The second-order valence-corrected chi connectivity index (χ2v) is 6.47. The maximum Gasteiger partial charge on any atom is 0.0925 e. The van der Waals surface area contributed by atoms with Gasteiger partial charge in [0.05, 0.1) is 30.8 Å². The summed E-state index contributed by atoms with van der Waals surface area (Å²) in [6, 6.07) is 10.9. The molecule has 23 heavy (non-hydrogen) atoms. The number of H-pyrrole nitrogens is 1. The van der Waals surface area contributed by atoms with Crippen molar-refractivity contribution in [2.75, 3.05) is 33.8 Å². The molecule has 124 valence electrons. The SMILES string of the molecule is Cc1[nH]cnc1CN1CCO[C@@H](CN(C)C)[C@@H]1c1ccccc1. The van der Waals surface area contributed by atoms with Gasteiger partial charge in [0, 0.05) is 25.3 Å². The quantitative estimate of drug-likeness (QED) is 0.919. The molecule has 0 bridgehead atoms. The Balaban J connectivity index is 1.87. The first kappa shape index (κ1) is 16.2. The molecule has 0 amide bonds. The normalized spacial score (nSPS) is 22.6. The third-order valence-corrected chi connectivity index (χ3v) is 4.43. The Morgan fingerprint density at radius 3 is 2.74 bits per heavy atom. The Hall–Kier alpha value is -1.69. The fourth-order valence-corrected chi connectivity index (χ4v) is 3.29. The van der Waals surface area contributed by atoms with E-state index < -0.39 is 0 Å². The number of morpholine rings is 1. The van der Waals surface area contributed by atoms with Gasteiger partial charge in [-0.15, -0.1) is 0 Å².